The van der Waals surface area contributed by atoms with Crippen LogP contribution in [0, 0.1) is 5.92 Å². The molecule has 0 saturated carbocycles. The molecular weight excluding hydrogens is 320 g/mol. The minimum absolute atomic E-state index is 0.0334. The number of nitrogens with zero attached hydrogens (tertiary/aromatic N) is 2. The van der Waals surface area contributed by atoms with Crippen molar-refractivity contribution in [3.8, 4) is 0 Å². The molecule has 1 aromatic heterocycles. The van der Waals surface area contributed by atoms with Crippen LogP contribution >= 0.6 is 0 Å². The van der Waals surface area contributed by atoms with Crippen molar-refractivity contribution in [1.29, 1.82) is 0 Å². The van der Waals surface area contributed by atoms with Crippen LogP contribution in [0.4, 0.5) is 0 Å². The van der Waals surface area contributed by atoms with Gasteiger partial charge < -0.3 is 11.1 Å². The Morgan fingerprint density at radius 3 is 2.72 bits per heavy atom. The highest BCUT2D eigenvalue weighted by atomic mass is 16.2. The Labute approximate surface area is 145 Å². The second-order valence-corrected chi connectivity index (χ2v) is 6.87. The van der Waals surface area contributed by atoms with Gasteiger partial charge in [0.15, 0.2) is 0 Å². The number of nitrogens with two attached hydrogens (primary N) is 1. The highest BCUT2D eigenvalue weighted by Gasteiger charge is 2.35. The second kappa shape index (κ2) is 6.66. The van der Waals surface area contributed by atoms with Crippen molar-refractivity contribution in [2.75, 3.05) is 0 Å². The van der Waals surface area contributed by atoms with E-state index in [9.17, 15) is 14.4 Å². The second-order valence-electron chi connectivity index (χ2n) is 6.87. The van der Waals surface area contributed by atoms with Crippen molar-refractivity contribution in [2.45, 2.75) is 45.2 Å². The van der Waals surface area contributed by atoms with Gasteiger partial charge in [-0.1, -0.05) is 26.0 Å². The van der Waals surface area contributed by atoms with Crippen molar-refractivity contribution in [3.05, 3.63) is 40.4 Å². The Kier molecular flexibility index (Phi) is 4.57. The number of carbonyl (C=O) groups excluding carboxylic acids is 2. The van der Waals surface area contributed by atoms with Gasteiger partial charge in [-0.05, 0) is 30.9 Å². The van der Waals surface area contributed by atoms with Crippen molar-refractivity contribution in [2.24, 2.45) is 11.7 Å². The first-order chi connectivity index (χ1) is 11.9. The predicted molar refractivity (Wildman–Crippen MR) is 93.8 cm³/mol. The van der Waals surface area contributed by atoms with Gasteiger partial charge in [0.1, 0.15) is 11.9 Å². The predicted octanol–water partition coefficient (Wildman–Crippen LogP) is 1.42. The molecule has 132 valence electrons. The lowest BCUT2D eigenvalue weighted by Crippen LogP contribution is -2.48. The molecule has 0 fully saturated rings. The Bertz CT molecular complexity index is 888. The standard InChI is InChI=1S/C18H22N4O3/c1-10(2)9-13-16-20-12-6-4-3-5-11(12)18(25)22(16)14(17(24)21-13)7-8-15(19)23/h3-6,10,13-14H,7-9H2,1-2H3,(H2,19,23)(H,21,24)/t13-,14-/m0/s1. The van der Waals surface area contributed by atoms with Crippen LogP contribution in [-0.2, 0) is 9.59 Å². The summed E-state index contributed by atoms with van der Waals surface area (Å²) < 4.78 is 1.46. The lowest BCUT2D eigenvalue weighted by atomic mass is 9.98. The smallest absolute Gasteiger partial charge is 0.262 e. The van der Waals surface area contributed by atoms with Crippen molar-refractivity contribution in [3.63, 3.8) is 0 Å². The van der Waals surface area contributed by atoms with Crippen molar-refractivity contribution in [1.82, 2.24) is 14.9 Å². The van der Waals surface area contributed by atoms with E-state index < -0.39 is 11.9 Å². The lowest BCUT2D eigenvalue weighted by molar-refractivity contribution is -0.127. The van der Waals surface area contributed by atoms with Gasteiger partial charge in [0.05, 0.1) is 16.9 Å². The number of hydrogen-bond acceptors (Lipinski definition) is 4. The van der Waals surface area contributed by atoms with Gasteiger partial charge in [0, 0.05) is 6.42 Å². The molecule has 0 bridgehead atoms. The number of hydrogen-bond donors (Lipinski definition) is 2. The molecule has 1 aromatic carbocycles. The van der Waals surface area contributed by atoms with Crippen LogP contribution in [0.15, 0.2) is 29.1 Å². The van der Waals surface area contributed by atoms with E-state index in [-0.39, 0.29) is 30.3 Å². The normalized spacial score (nSPS) is 19.7. The summed E-state index contributed by atoms with van der Waals surface area (Å²) in [4.78, 5) is 41.4. The van der Waals surface area contributed by atoms with Crippen LogP contribution in [0.25, 0.3) is 10.9 Å². The van der Waals surface area contributed by atoms with Crippen LogP contribution in [0.3, 0.4) is 0 Å². The number of para-hydroxylation sites is 1. The van der Waals surface area contributed by atoms with Crippen molar-refractivity contribution >= 4 is 22.7 Å². The van der Waals surface area contributed by atoms with E-state index in [0.717, 1.165) is 0 Å². The SMILES string of the molecule is CC(C)C[C@@H]1NC(=O)[C@H](CCC(N)=O)n2c1nc1ccccc1c2=O. The van der Waals surface area contributed by atoms with E-state index in [4.69, 9.17) is 5.73 Å². The van der Waals surface area contributed by atoms with Gasteiger partial charge in [-0.2, -0.15) is 0 Å². The third kappa shape index (κ3) is 3.26. The minimum atomic E-state index is -0.768. The Balaban J connectivity index is 2.18. The van der Waals surface area contributed by atoms with Gasteiger partial charge in [-0.15, -0.1) is 0 Å². The zero-order chi connectivity index (χ0) is 18.1. The Hall–Kier alpha value is -2.70. The summed E-state index contributed by atoms with van der Waals surface area (Å²) in [5.41, 5.74) is 5.58. The van der Waals surface area contributed by atoms with Crippen molar-refractivity contribution < 1.29 is 9.59 Å². The molecule has 0 saturated heterocycles. The van der Waals surface area contributed by atoms with Gasteiger partial charge in [-0.3, -0.25) is 19.0 Å². The first kappa shape index (κ1) is 17.1. The summed E-state index contributed by atoms with van der Waals surface area (Å²) in [7, 11) is 0. The zero-order valence-electron chi connectivity index (χ0n) is 14.4. The maximum absolute atomic E-state index is 13.0. The molecule has 1 aliphatic heterocycles. The number of carbonyl (C=O) groups is 2. The molecule has 0 radical (unpaired) electrons. The van der Waals surface area contributed by atoms with Crippen LogP contribution in [0.5, 0.6) is 0 Å². The van der Waals surface area contributed by atoms with E-state index in [1.807, 2.05) is 6.07 Å². The van der Waals surface area contributed by atoms with Gasteiger partial charge >= 0.3 is 0 Å². The highest BCUT2D eigenvalue weighted by molar-refractivity contribution is 5.84. The molecule has 0 aliphatic carbocycles. The van der Waals surface area contributed by atoms with Crippen LogP contribution in [0.2, 0.25) is 0 Å². The molecule has 2 amide bonds. The third-order valence-electron chi connectivity index (χ3n) is 4.45. The third-order valence-corrected chi connectivity index (χ3v) is 4.45. The fraction of sp³-hybridized carbons (Fsp3) is 0.444. The molecule has 7 nitrogen and oxygen atoms in total. The number of primary amides is 1. The molecule has 7 heteroatoms. The Morgan fingerprint density at radius 2 is 2.04 bits per heavy atom. The number of rotatable bonds is 5. The summed E-state index contributed by atoms with van der Waals surface area (Å²) >= 11 is 0. The van der Waals surface area contributed by atoms with Gasteiger partial charge in [0.2, 0.25) is 11.8 Å². The molecule has 2 aromatic rings. The maximum Gasteiger partial charge on any atom is 0.262 e. The number of amides is 2. The van der Waals surface area contributed by atoms with Gasteiger partial charge in [-0.25, -0.2) is 4.98 Å². The molecule has 2 heterocycles. The monoisotopic (exact) mass is 342 g/mol. The summed E-state index contributed by atoms with van der Waals surface area (Å²) in [6.45, 7) is 4.10. The first-order valence-corrected chi connectivity index (χ1v) is 8.48. The topological polar surface area (TPSA) is 107 Å². The first-order valence-electron chi connectivity index (χ1n) is 8.48. The summed E-state index contributed by atoms with van der Waals surface area (Å²) in [5, 5.41) is 3.42. The Morgan fingerprint density at radius 1 is 1.32 bits per heavy atom. The molecule has 0 spiro atoms. The summed E-state index contributed by atoms with van der Waals surface area (Å²) in [6, 6.07) is 6.00. The van der Waals surface area contributed by atoms with Crippen LogP contribution in [0.1, 0.15) is 51.0 Å². The van der Waals surface area contributed by atoms with E-state index in [2.05, 4.69) is 24.1 Å². The highest BCUT2D eigenvalue weighted by Crippen LogP contribution is 2.29. The van der Waals surface area contributed by atoms with E-state index >= 15 is 0 Å². The maximum atomic E-state index is 13.0. The van der Waals surface area contributed by atoms with E-state index in [0.29, 0.717) is 29.1 Å². The average molecular weight is 342 g/mol. The molecule has 25 heavy (non-hydrogen) atoms. The summed E-state index contributed by atoms with van der Waals surface area (Å²) in [6.07, 6.45) is 0.896. The quantitative estimate of drug-likeness (QED) is 0.857. The fourth-order valence-electron chi connectivity index (χ4n) is 3.33. The van der Waals surface area contributed by atoms with E-state index in [1.165, 1.54) is 4.57 Å². The van der Waals surface area contributed by atoms with Crippen LogP contribution < -0.4 is 16.6 Å². The molecule has 2 atom stereocenters. The molecule has 3 rings (SSSR count). The van der Waals surface area contributed by atoms with Crippen LogP contribution in [-0.4, -0.2) is 21.4 Å². The number of nitrogens with one attached hydrogen (secondary N) is 1. The molecule has 1 aliphatic rings. The lowest BCUT2D eigenvalue weighted by Gasteiger charge is -2.33. The van der Waals surface area contributed by atoms with Gasteiger partial charge in [0.25, 0.3) is 5.56 Å². The molecule has 3 N–H and O–H groups in total. The molecule has 0 unspecified atom stereocenters. The zero-order valence-corrected chi connectivity index (χ0v) is 14.4. The number of benzene rings is 1. The van der Waals surface area contributed by atoms with E-state index in [1.54, 1.807) is 18.2 Å². The molecular formula is C18H22N4O3. The fourth-order valence-corrected chi connectivity index (χ4v) is 3.33. The summed E-state index contributed by atoms with van der Waals surface area (Å²) in [5.74, 6) is 0.106. The number of fused-ring (bicyclic) bond motifs is 2. The average Bonchev–Trinajstić information content (AvgIpc) is 2.54. The number of aromatic nitrogens is 2. The minimum Gasteiger partial charge on any atom is -0.370 e. The largest absolute Gasteiger partial charge is 0.370 e.